The Morgan fingerprint density at radius 2 is 1.89 bits per heavy atom. The van der Waals surface area contributed by atoms with Gasteiger partial charge in [-0.25, -0.2) is 9.18 Å². The van der Waals surface area contributed by atoms with Gasteiger partial charge < -0.3 is 10.5 Å². The van der Waals surface area contributed by atoms with Gasteiger partial charge in [0.1, 0.15) is 5.82 Å². The van der Waals surface area contributed by atoms with Crippen molar-refractivity contribution in [3.63, 3.8) is 0 Å². The highest BCUT2D eigenvalue weighted by Gasteiger charge is 2.13. The summed E-state index contributed by atoms with van der Waals surface area (Å²) in [6.45, 7) is 0. The molecule has 0 unspecified atom stereocenters. The molecule has 0 saturated heterocycles. The molecule has 19 heavy (non-hydrogen) atoms. The van der Waals surface area contributed by atoms with Crippen LogP contribution in [0.2, 0.25) is 0 Å². The van der Waals surface area contributed by atoms with Crippen molar-refractivity contribution in [3.8, 4) is 0 Å². The Balaban J connectivity index is 2.30. The van der Waals surface area contributed by atoms with E-state index in [1.54, 1.807) is 30.3 Å². The Bertz CT molecular complexity index is 599. The molecule has 0 atom stereocenters. The molecular weight excluding hydrogens is 265 g/mol. The van der Waals surface area contributed by atoms with Gasteiger partial charge in [0.25, 0.3) is 0 Å². The number of benzene rings is 2. The summed E-state index contributed by atoms with van der Waals surface area (Å²) < 4.78 is 17.5. The number of halogens is 1. The molecule has 2 aromatic rings. The molecule has 0 radical (unpaired) electrons. The first-order chi connectivity index (χ1) is 9.11. The monoisotopic (exact) mass is 277 g/mol. The third kappa shape index (κ3) is 3.06. The second kappa shape index (κ2) is 5.75. The molecular formula is C14H12FNO2S. The molecule has 0 aromatic heterocycles. The van der Waals surface area contributed by atoms with E-state index in [1.807, 2.05) is 0 Å². The highest BCUT2D eigenvalue weighted by Crippen LogP contribution is 2.33. The summed E-state index contributed by atoms with van der Waals surface area (Å²) in [7, 11) is 1.31. The first-order valence-corrected chi connectivity index (χ1v) is 6.33. The van der Waals surface area contributed by atoms with Gasteiger partial charge in [-0.05, 0) is 36.4 Å². The maximum absolute atomic E-state index is 12.8. The number of carbonyl (C=O) groups excluding carboxylic acids is 1. The van der Waals surface area contributed by atoms with Crippen molar-refractivity contribution in [2.24, 2.45) is 0 Å². The number of esters is 1. The van der Waals surface area contributed by atoms with E-state index < -0.39 is 5.97 Å². The summed E-state index contributed by atoms with van der Waals surface area (Å²) in [5.41, 5.74) is 6.63. The smallest absolute Gasteiger partial charge is 0.339 e. The number of anilines is 1. The van der Waals surface area contributed by atoms with E-state index >= 15 is 0 Å². The molecule has 0 amide bonds. The fourth-order valence-electron chi connectivity index (χ4n) is 1.55. The van der Waals surface area contributed by atoms with Crippen molar-refractivity contribution >= 4 is 23.4 Å². The second-order valence-corrected chi connectivity index (χ2v) is 4.88. The number of methoxy groups -OCH3 is 1. The number of nitrogens with two attached hydrogens (primary N) is 1. The van der Waals surface area contributed by atoms with Crippen molar-refractivity contribution < 1.29 is 13.9 Å². The zero-order valence-corrected chi connectivity index (χ0v) is 11.0. The number of hydrogen-bond donors (Lipinski definition) is 1. The highest BCUT2D eigenvalue weighted by molar-refractivity contribution is 7.99. The largest absolute Gasteiger partial charge is 0.465 e. The van der Waals surface area contributed by atoms with E-state index in [2.05, 4.69) is 4.74 Å². The standard InChI is InChI=1S/C14H12FNO2S/c1-18-14(17)11-3-2-4-12(13(11)16)19-10-7-5-9(15)6-8-10/h2-8H,16H2,1H3. The zero-order valence-electron chi connectivity index (χ0n) is 10.2. The lowest BCUT2D eigenvalue weighted by atomic mass is 10.2. The molecule has 0 heterocycles. The lowest BCUT2D eigenvalue weighted by Gasteiger charge is -2.09. The van der Waals surface area contributed by atoms with E-state index in [0.29, 0.717) is 11.3 Å². The Hall–Kier alpha value is -2.01. The normalized spacial score (nSPS) is 10.2. The third-order valence-electron chi connectivity index (χ3n) is 2.51. The van der Waals surface area contributed by atoms with Gasteiger partial charge in [0.15, 0.2) is 0 Å². The van der Waals surface area contributed by atoms with Crippen LogP contribution in [0.4, 0.5) is 10.1 Å². The van der Waals surface area contributed by atoms with E-state index in [-0.39, 0.29) is 5.82 Å². The maximum atomic E-state index is 12.8. The van der Waals surface area contributed by atoms with Crippen LogP contribution in [0.3, 0.4) is 0 Å². The van der Waals surface area contributed by atoms with Crippen LogP contribution in [0.1, 0.15) is 10.4 Å². The molecule has 0 bridgehead atoms. The highest BCUT2D eigenvalue weighted by atomic mass is 32.2. The van der Waals surface area contributed by atoms with Crippen LogP contribution >= 0.6 is 11.8 Å². The number of rotatable bonds is 3. The van der Waals surface area contributed by atoms with Crippen LogP contribution < -0.4 is 5.73 Å². The van der Waals surface area contributed by atoms with Crippen LogP contribution in [0.5, 0.6) is 0 Å². The molecule has 5 heteroatoms. The summed E-state index contributed by atoms with van der Waals surface area (Å²) in [5.74, 6) is -0.764. The first kappa shape index (κ1) is 13.4. The number of nitrogen functional groups attached to an aromatic ring is 1. The fourth-order valence-corrected chi connectivity index (χ4v) is 2.44. The fraction of sp³-hybridized carbons (Fsp3) is 0.0714. The Morgan fingerprint density at radius 3 is 2.53 bits per heavy atom. The molecule has 0 aliphatic heterocycles. The number of ether oxygens (including phenoxy) is 1. The SMILES string of the molecule is COC(=O)c1cccc(Sc2ccc(F)cc2)c1N. The summed E-state index contributed by atoms with van der Waals surface area (Å²) in [5, 5.41) is 0. The van der Waals surface area contributed by atoms with Gasteiger partial charge in [-0.1, -0.05) is 17.8 Å². The minimum Gasteiger partial charge on any atom is -0.465 e. The second-order valence-electron chi connectivity index (χ2n) is 3.76. The van der Waals surface area contributed by atoms with Gasteiger partial charge in [0.05, 0.1) is 18.4 Å². The van der Waals surface area contributed by atoms with Crippen LogP contribution in [0, 0.1) is 5.82 Å². The van der Waals surface area contributed by atoms with Crippen molar-refractivity contribution in [1.29, 1.82) is 0 Å². The Labute approximate surface area is 114 Å². The third-order valence-corrected chi connectivity index (χ3v) is 3.60. The summed E-state index contributed by atoms with van der Waals surface area (Å²) >= 11 is 1.37. The maximum Gasteiger partial charge on any atom is 0.339 e. The quantitative estimate of drug-likeness (QED) is 0.690. The van der Waals surface area contributed by atoms with Crippen molar-refractivity contribution in [1.82, 2.24) is 0 Å². The summed E-state index contributed by atoms with van der Waals surface area (Å²) in [6, 6.07) is 11.2. The van der Waals surface area contributed by atoms with Crippen LogP contribution in [0.25, 0.3) is 0 Å². The predicted octanol–water partition coefficient (Wildman–Crippen LogP) is 3.35. The number of carbonyl (C=O) groups is 1. The molecule has 2 N–H and O–H groups in total. The number of hydrogen-bond acceptors (Lipinski definition) is 4. The van der Waals surface area contributed by atoms with Crippen LogP contribution in [-0.2, 0) is 4.74 Å². The van der Waals surface area contributed by atoms with Crippen LogP contribution in [0.15, 0.2) is 52.3 Å². The zero-order chi connectivity index (χ0) is 13.8. The summed E-state index contributed by atoms with van der Waals surface area (Å²) in [6.07, 6.45) is 0. The van der Waals surface area contributed by atoms with Gasteiger partial charge >= 0.3 is 5.97 Å². The lowest BCUT2D eigenvalue weighted by molar-refractivity contribution is 0.0601. The van der Waals surface area contributed by atoms with E-state index in [0.717, 1.165) is 9.79 Å². The Morgan fingerprint density at radius 1 is 1.21 bits per heavy atom. The molecule has 0 aliphatic rings. The van der Waals surface area contributed by atoms with E-state index in [1.165, 1.54) is 31.0 Å². The molecule has 0 aliphatic carbocycles. The predicted molar refractivity (Wildman–Crippen MR) is 72.7 cm³/mol. The van der Waals surface area contributed by atoms with Crippen molar-refractivity contribution in [2.45, 2.75) is 9.79 Å². The molecule has 2 aromatic carbocycles. The molecule has 0 saturated carbocycles. The molecule has 98 valence electrons. The molecule has 0 spiro atoms. The number of para-hydroxylation sites is 1. The summed E-state index contributed by atoms with van der Waals surface area (Å²) in [4.78, 5) is 13.1. The Kier molecular flexibility index (Phi) is 4.06. The average molecular weight is 277 g/mol. The average Bonchev–Trinajstić information content (AvgIpc) is 2.43. The molecule has 3 nitrogen and oxygen atoms in total. The van der Waals surface area contributed by atoms with E-state index in [9.17, 15) is 9.18 Å². The first-order valence-electron chi connectivity index (χ1n) is 5.52. The minimum absolute atomic E-state index is 0.291. The molecule has 2 rings (SSSR count). The lowest BCUT2D eigenvalue weighted by Crippen LogP contribution is -2.06. The van der Waals surface area contributed by atoms with Gasteiger partial charge in [0, 0.05) is 9.79 Å². The van der Waals surface area contributed by atoms with Crippen molar-refractivity contribution in [3.05, 3.63) is 53.8 Å². The van der Waals surface area contributed by atoms with E-state index in [4.69, 9.17) is 5.73 Å². The minimum atomic E-state index is -0.473. The van der Waals surface area contributed by atoms with Crippen LogP contribution in [-0.4, -0.2) is 13.1 Å². The topological polar surface area (TPSA) is 52.3 Å². The molecule has 0 fully saturated rings. The van der Waals surface area contributed by atoms with Gasteiger partial charge in [-0.3, -0.25) is 0 Å². The van der Waals surface area contributed by atoms with Crippen molar-refractivity contribution in [2.75, 3.05) is 12.8 Å². The van der Waals surface area contributed by atoms with Gasteiger partial charge in [0.2, 0.25) is 0 Å². The van der Waals surface area contributed by atoms with Gasteiger partial charge in [-0.15, -0.1) is 0 Å². The van der Waals surface area contributed by atoms with Gasteiger partial charge in [-0.2, -0.15) is 0 Å².